The molecule has 80 valence electrons. The minimum atomic E-state index is 0.366. The first-order valence-electron chi connectivity index (χ1n) is 5.10. The van der Waals surface area contributed by atoms with Gasteiger partial charge in [0.1, 0.15) is 0 Å². The molecule has 0 radical (unpaired) electrons. The number of hydrogen-bond acceptors (Lipinski definition) is 3. The highest BCUT2D eigenvalue weighted by Crippen LogP contribution is 2.24. The smallest absolute Gasteiger partial charge is 0.0794 e. The van der Waals surface area contributed by atoms with Crippen molar-refractivity contribution in [2.75, 3.05) is 6.54 Å². The Labute approximate surface area is 90.8 Å². The van der Waals surface area contributed by atoms with E-state index in [-0.39, 0.29) is 0 Å². The highest BCUT2D eigenvalue weighted by molar-refractivity contribution is 7.09. The maximum absolute atomic E-state index is 4.05. The van der Waals surface area contributed by atoms with Crippen LogP contribution in [0.2, 0.25) is 0 Å². The third-order valence-corrected chi connectivity index (χ3v) is 3.71. The number of hydrogen-bond donors (Lipinski definition) is 1. The lowest BCUT2D eigenvalue weighted by atomic mass is 9.81. The summed E-state index contributed by atoms with van der Waals surface area (Å²) in [5, 5.41) is 3.48. The molecule has 1 N–H and O–H groups in total. The molecule has 0 spiro atoms. The van der Waals surface area contributed by atoms with Gasteiger partial charge in [-0.3, -0.25) is 4.98 Å². The van der Waals surface area contributed by atoms with Crippen LogP contribution in [0.5, 0.6) is 0 Å². The Morgan fingerprint density at radius 3 is 2.71 bits per heavy atom. The molecule has 0 unspecified atom stereocenters. The molecule has 1 aromatic rings. The van der Waals surface area contributed by atoms with Gasteiger partial charge in [-0.1, -0.05) is 27.7 Å². The van der Waals surface area contributed by atoms with Crippen LogP contribution in [0, 0.1) is 11.3 Å². The summed E-state index contributed by atoms with van der Waals surface area (Å²) in [6.07, 6.45) is 1.93. The van der Waals surface area contributed by atoms with Crippen molar-refractivity contribution in [1.82, 2.24) is 10.3 Å². The lowest BCUT2D eigenvalue weighted by Gasteiger charge is -2.29. The van der Waals surface area contributed by atoms with E-state index in [9.17, 15) is 0 Å². The number of nitrogens with one attached hydrogen (secondary N) is 1. The monoisotopic (exact) mass is 212 g/mol. The Bertz CT molecular complexity index is 252. The van der Waals surface area contributed by atoms with Crippen molar-refractivity contribution >= 4 is 11.3 Å². The van der Waals surface area contributed by atoms with Crippen molar-refractivity contribution in [3.05, 3.63) is 16.6 Å². The quantitative estimate of drug-likeness (QED) is 0.811. The normalized spacial score (nSPS) is 12.4. The molecule has 0 amide bonds. The fourth-order valence-electron chi connectivity index (χ4n) is 1.04. The molecule has 0 atom stereocenters. The van der Waals surface area contributed by atoms with E-state index < -0.39 is 0 Å². The summed E-state index contributed by atoms with van der Waals surface area (Å²) < 4.78 is 0. The van der Waals surface area contributed by atoms with Crippen LogP contribution in [0.4, 0.5) is 0 Å². The van der Waals surface area contributed by atoms with E-state index in [1.807, 2.05) is 11.7 Å². The van der Waals surface area contributed by atoms with Gasteiger partial charge in [0.15, 0.2) is 0 Å². The third-order valence-electron chi connectivity index (χ3n) is 2.93. The van der Waals surface area contributed by atoms with E-state index >= 15 is 0 Å². The lowest BCUT2D eigenvalue weighted by molar-refractivity contribution is 0.238. The van der Waals surface area contributed by atoms with Crippen LogP contribution in [0.3, 0.4) is 0 Å². The summed E-state index contributed by atoms with van der Waals surface area (Å²) in [5.74, 6) is 0.705. The summed E-state index contributed by atoms with van der Waals surface area (Å²) in [4.78, 5) is 5.36. The molecule has 1 rings (SSSR count). The predicted molar refractivity (Wildman–Crippen MR) is 62.4 cm³/mol. The van der Waals surface area contributed by atoms with Gasteiger partial charge in [-0.05, 0) is 11.3 Å². The molecule has 3 heteroatoms. The van der Waals surface area contributed by atoms with E-state index in [2.05, 4.69) is 38.0 Å². The molecular formula is C11H20N2S. The Hall–Kier alpha value is -0.410. The van der Waals surface area contributed by atoms with Gasteiger partial charge < -0.3 is 5.32 Å². The molecule has 0 aliphatic carbocycles. The minimum Gasteiger partial charge on any atom is -0.311 e. The highest BCUT2D eigenvalue weighted by Gasteiger charge is 2.21. The Balaban J connectivity index is 2.28. The standard InChI is InChI=1S/C11H20N2S/c1-9(2)11(3,4)7-12-5-10-6-13-8-14-10/h6,8-9,12H,5,7H2,1-4H3. The second-order valence-corrected chi connectivity index (χ2v) is 5.69. The fraction of sp³-hybridized carbons (Fsp3) is 0.727. The van der Waals surface area contributed by atoms with Crippen LogP contribution in [0.15, 0.2) is 11.7 Å². The molecule has 0 aromatic carbocycles. The first-order valence-corrected chi connectivity index (χ1v) is 5.98. The first-order chi connectivity index (χ1) is 6.52. The molecule has 1 aromatic heterocycles. The minimum absolute atomic E-state index is 0.366. The highest BCUT2D eigenvalue weighted by atomic mass is 32.1. The van der Waals surface area contributed by atoms with Gasteiger partial charge in [0, 0.05) is 24.2 Å². The number of rotatable bonds is 5. The lowest BCUT2D eigenvalue weighted by Crippen LogP contribution is -2.32. The second kappa shape index (κ2) is 4.89. The van der Waals surface area contributed by atoms with Crippen LogP contribution >= 0.6 is 11.3 Å². The average molecular weight is 212 g/mol. The van der Waals surface area contributed by atoms with E-state index in [0.717, 1.165) is 13.1 Å². The van der Waals surface area contributed by atoms with Crippen molar-refractivity contribution < 1.29 is 0 Å². The van der Waals surface area contributed by atoms with Crippen LogP contribution < -0.4 is 5.32 Å². The summed E-state index contributed by atoms with van der Waals surface area (Å²) in [7, 11) is 0. The van der Waals surface area contributed by atoms with Crippen molar-refractivity contribution in [2.45, 2.75) is 34.2 Å². The van der Waals surface area contributed by atoms with E-state index in [0.29, 0.717) is 11.3 Å². The zero-order valence-electron chi connectivity index (χ0n) is 9.50. The van der Waals surface area contributed by atoms with Crippen molar-refractivity contribution in [2.24, 2.45) is 11.3 Å². The van der Waals surface area contributed by atoms with Gasteiger partial charge in [0.25, 0.3) is 0 Å². The Morgan fingerprint density at radius 2 is 2.21 bits per heavy atom. The van der Waals surface area contributed by atoms with Crippen LogP contribution in [-0.2, 0) is 6.54 Å². The molecule has 0 bridgehead atoms. The van der Waals surface area contributed by atoms with Crippen LogP contribution in [-0.4, -0.2) is 11.5 Å². The molecule has 0 aliphatic rings. The molecule has 0 fully saturated rings. The largest absolute Gasteiger partial charge is 0.311 e. The topological polar surface area (TPSA) is 24.9 Å². The molecule has 0 saturated carbocycles. The molecule has 0 saturated heterocycles. The van der Waals surface area contributed by atoms with Crippen LogP contribution in [0.1, 0.15) is 32.6 Å². The molecule has 14 heavy (non-hydrogen) atoms. The van der Waals surface area contributed by atoms with E-state index in [1.165, 1.54) is 4.88 Å². The summed E-state index contributed by atoms with van der Waals surface area (Å²) in [5.41, 5.74) is 2.25. The van der Waals surface area contributed by atoms with Gasteiger partial charge in [0.05, 0.1) is 5.51 Å². The fourth-order valence-corrected chi connectivity index (χ4v) is 1.61. The van der Waals surface area contributed by atoms with Crippen molar-refractivity contribution in [3.63, 3.8) is 0 Å². The summed E-state index contributed by atoms with van der Waals surface area (Å²) in [6, 6.07) is 0. The number of nitrogens with zero attached hydrogens (tertiary/aromatic N) is 1. The van der Waals surface area contributed by atoms with Gasteiger partial charge in [0.2, 0.25) is 0 Å². The van der Waals surface area contributed by atoms with Crippen molar-refractivity contribution in [3.8, 4) is 0 Å². The molecule has 0 aliphatic heterocycles. The maximum atomic E-state index is 4.05. The maximum Gasteiger partial charge on any atom is 0.0794 e. The third kappa shape index (κ3) is 3.39. The first kappa shape index (κ1) is 11.7. The molecular weight excluding hydrogens is 192 g/mol. The SMILES string of the molecule is CC(C)C(C)(C)CNCc1cncs1. The number of aromatic nitrogens is 1. The van der Waals surface area contributed by atoms with E-state index in [4.69, 9.17) is 0 Å². The van der Waals surface area contributed by atoms with Crippen LogP contribution in [0.25, 0.3) is 0 Å². The summed E-state index contributed by atoms with van der Waals surface area (Å²) in [6.45, 7) is 11.2. The Morgan fingerprint density at radius 1 is 1.50 bits per heavy atom. The van der Waals surface area contributed by atoms with Gasteiger partial charge in [-0.15, -0.1) is 11.3 Å². The van der Waals surface area contributed by atoms with Gasteiger partial charge >= 0.3 is 0 Å². The summed E-state index contributed by atoms with van der Waals surface area (Å²) >= 11 is 1.71. The molecule has 2 nitrogen and oxygen atoms in total. The zero-order valence-corrected chi connectivity index (χ0v) is 10.3. The zero-order chi connectivity index (χ0) is 10.6. The molecule has 1 heterocycles. The second-order valence-electron chi connectivity index (χ2n) is 4.71. The van der Waals surface area contributed by atoms with Gasteiger partial charge in [-0.25, -0.2) is 0 Å². The predicted octanol–water partition coefficient (Wildman–Crippen LogP) is 2.91. The average Bonchev–Trinajstić information content (AvgIpc) is 2.56. The van der Waals surface area contributed by atoms with Crippen molar-refractivity contribution in [1.29, 1.82) is 0 Å². The number of thiazole rings is 1. The van der Waals surface area contributed by atoms with Gasteiger partial charge in [-0.2, -0.15) is 0 Å². The van der Waals surface area contributed by atoms with E-state index in [1.54, 1.807) is 11.3 Å². The Kier molecular flexibility index (Phi) is 4.08.